The van der Waals surface area contributed by atoms with E-state index in [4.69, 9.17) is 11.6 Å². The number of halogens is 1. The second-order valence-electron chi connectivity index (χ2n) is 3.79. The molecule has 15 heavy (non-hydrogen) atoms. The van der Waals surface area contributed by atoms with Gasteiger partial charge in [-0.1, -0.05) is 17.2 Å². The Morgan fingerprint density at radius 2 is 1.80 bits per heavy atom. The van der Waals surface area contributed by atoms with Crippen LogP contribution >= 0.6 is 11.6 Å². The Labute approximate surface area is 94.3 Å². The van der Waals surface area contributed by atoms with Gasteiger partial charge >= 0.3 is 0 Å². The van der Waals surface area contributed by atoms with E-state index in [0.29, 0.717) is 5.88 Å². The predicted molar refractivity (Wildman–Crippen MR) is 63.1 cm³/mol. The van der Waals surface area contributed by atoms with Crippen molar-refractivity contribution in [3.8, 4) is 11.3 Å². The van der Waals surface area contributed by atoms with Gasteiger partial charge < -0.3 is 0 Å². The third kappa shape index (κ3) is 2.21. The molecule has 0 aliphatic carbocycles. The van der Waals surface area contributed by atoms with Crippen molar-refractivity contribution in [2.24, 2.45) is 0 Å². The van der Waals surface area contributed by atoms with Crippen LogP contribution in [0.15, 0.2) is 24.3 Å². The lowest BCUT2D eigenvalue weighted by Gasteiger charge is -2.01. The Kier molecular flexibility index (Phi) is 2.78. The molecule has 2 aromatic rings. The fraction of sp³-hybridized carbons (Fsp3) is 0.250. The summed E-state index contributed by atoms with van der Waals surface area (Å²) in [6.07, 6.45) is 0. The number of alkyl halides is 1. The minimum absolute atomic E-state index is 0.470. The molecule has 0 saturated carbocycles. The van der Waals surface area contributed by atoms with Crippen LogP contribution in [0.1, 0.15) is 16.8 Å². The maximum absolute atomic E-state index is 5.72. The fourth-order valence-electron chi connectivity index (χ4n) is 1.70. The van der Waals surface area contributed by atoms with Crippen LogP contribution in [0.5, 0.6) is 0 Å². The topological polar surface area (TPSA) is 28.7 Å². The van der Waals surface area contributed by atoms with Crippen molar-refractivity contribution in [1.29, 1.82) is 0 Å². The van der Waals surface area contributed by atoms with Gasteiger partial charge in [0.25, 0.3) is 0 Å². The zero-order valence-electron chi connectivity index (χ0n) is 8.84. The van der Waals surface area contributed by atoms with Crippen molar-refractivity contribution in [2.75, 3.05) is 0 Å². The first-order valence-electron chi connectivity index (χ1n) is 4.88. The lowest BCUT2D eigenvalue weighted by Crippen LogP contribution is -1.82. The molecular weight excluding hydrogens is 208 g/mol. The molecule has 1 aromatic carbocycles. The average molecular weight is 221 g/mol. The van der Waals surface area contributed by atoms with Crippen LogP contribution in [-0.2, 0) is 5.88 Å². The van der Waals surface area contributed by atoms with E-state index in [1.165, 1.54) is 11.1 Å². The molecule has 0 bridgehead atoms. The van der Waals surface area contributed by atoms with E-state index in [0.717, 1.165) is 17.0 Å². The van der Waals surface area contributed by atoms with E-state index < -0.39 is 0 Å². The lowest BCUT2D eigenvalue weighted by molar-refractivity contribution is 1.04. The lowest BCUT2D eigenvalue weighted by atomic mass is 10.1. The molecule has 0 amide bonds. The maximum Gasteiger partial charge on any atom is 0.0924 e. The van der Waals surface area contributed by atoms with Gasteiger partial charge in [0.05, 0.1) is 17.3 Å². The molecular formula is C12H13ClN2. The van der Waals surface area contributed by atoms with E-state index in [9.17, 15) is 0 Å². The number of hydrogen-bond donors (Lipinski definition) is 1. The second-order valence-corrected chi connectivity index (χ2v) is 4.06. The number of aromatic amines is 1. The average Bonchev–Trinajstić information content (AvgIpc) is 2.64. The maximum atomic E-state index is 5.72. The van der Waals surface area contributed by atoms with E-state index in [1.807, 2.05) is 6.07 Å². The highest BCUT2D eigenvalue weighted by molar-refractivity contribution is 6.16. The predicted octanol–water partition coefficient (Wildman–Crippen LogP) is 3.43. The van der Waals surface area contributed by atoms with Gasteiger partial charge in [0.1, 0.15) is 0 Å². The smallest absolute Gasteiger partial charge is 0.0924 e. The van der Waals surface area contributed by atoms with Gasteiger partial charge in [-0.25, -0.2) is 0 Å². The van der Waals surface area contributed by atoms with Gasteiger partial charge in [-0.05, 0) is 32.0 Å². The van der Waals surface area contributed by atoms with Gasteiger partial charge in [-0.15, -0.1) is 11.6 Å². The first-order valence-corrected chi connectivity index (χ1v) is 5.41. The standard InChI is InChI=1S/C12H13ClN2/c1-8-3-9(2)5-10(4-8)12-6-11(7-13)14-15-12/h3-6H,7H2,1-2H3,(H,14,15). The Hall–Kier alpha value is -1.28. The number of aromatic nitrogens is 2. The Bertz CT molecular complexity index is 454. The Morgan fingerprint density at radius 3 is 2.33 bits per heavy atom. The summed E-state index contributed by atoms with van der Waals surface area (Å²) in [4.78, 5) is 0. The number of hydrogen-bond acceptors (Lipinski definition) is 1. The molecule has 2 nitrogen and oxygen atoms in total. The Morgan fingerprint density at radius 1 is 1.13 bits per heavy atom. The molecule has 1 heterocycles. The number of rotatable bonds is 2. The van der Waals surface area contributed by atoms with Crippen molar-refractivity contribution < 1.29 is 0 Å². The normalized spacial score (nSPS) is 10.6. The molecule has 0 spiro atoms. The van der Waals surface area contributed by atoms with Crippen molar-refractivity contribution in [1.82, 2.24) is 10.2 Å². The first-order chi connectivity index (χ1) is 7.19. The van der Waals surface area contributed by atoms with Gasteiger partial charge in [-0.2, -0.15) is 5.10 Å². The monoisotopic (exact) mass is 220 g/mol. The van der Waals surface area contributed by atoms with Crippen LogP contribution in [-0.4, -0.2) is 10.2 Å². The minimum atomic E-state index is 0.470. The summed E-state index contributed by atoms with van der Waals surface area (Å²) < 4.78 is 0. The fourth-order valence-corrected chi connectivity index (χ4v) is 1.84. The van der Waals surface area contributed by atoms with E-state index in [2.05, 4.69) is 42.2 Å². The van der Waals surface area contributed by atoms with Crippen molar-refractivity contribution in [3.63, 3.8) is 0 Å². The second kappa shape index (κ2) is 4.07. The third-order valence-corrected chi connectivity index (χ3v) is 2.58. The highest BCUT2D eigenvalue weighted by Gasteiger charge is 2.04. The summed E-state index contributed by atoms with van der Waals surface area (Å²) in [6.45, 7) is 4.18. The summed E-state index contributed by atoms with van der Waals surface area (Å²) in [6, 6.07) is 8.39. The van der Waals surface area contributed by atoms with Gasteiger partial charge in [0.2, 0.25) is 0 Å². The third-order valence-electron chi connectivity index (χ3n) is 2.29. The van der Waals surface area contributed by atoms with Gasteiger partial charge in [-0.3, -0.25) is 5.10 Å². The molecule has 3 heteroatoms. The van der Waals surface area contributed by atoms with Crippen LogP contribution in [0, 0.1) is 13.8 Å². The number of H-pyrrole nitrogens is 1. The molecule has 2 rings (SSSR count). The van der Waals surface area contributed by atoms with E-state index >= 15 is 0 Å². The number of benzene rings is 1. The van der Waals surface area contributed by atoms with Crippen LogP contribution in [0.3, 0.4) is 0 Å². The van der Waals surface area contributed by atoms with Crippen molar-refractivity contribution >= 4 is 11.6 Å². The highest BCUT2D eigenvalue weighted by Crippen LogP contribution is 2.21. The summed E-state index contributed by atoms with van der Waals surface area (Å²) in [5.41, 5.74) is 5.55. The largest absolute Gasteiger partial charge is 0.281 e. The molecule has 0 aliphatic rings. The molecule has 0 fully saturated rings. The molecule has 0 saturated heterocycles. The Balaban J connectivity index is 2.44. The molecule has 0 aliphatic heterocycles. The summed E-state index contributed by atoms with van der Waals surface area (Å²) >= 11 is 5.72. The summed E-state index contributed by atoms with van der Waals surface area (Å²) in [7, 11) is 0. The number of nitrogens with zero attached hydrogens (tertiary/aromatic N) is 1. The zero-order valence-corrected chi connectivity index (χ0v) is 9.60. The quantitative estimate of drug-likeness (QED) is 0.772. The van der Waals surface area contributed by atoms with Gasteiger partial charge in [0, 0.05) is 5.56 Å². The summed E-state index contributed by atoms with van der Waals surface area (Å²) in [5, 5.41) is 7.14. The van der Waals surface area contributed by atoms with Crippen LogP contribution < -0.4 is 0 Å². The molecule has 0 unspecified atom stereocenters. The van der Waals surface area contributed by atoms with Crippen LogP contribution in [0.4, 0.5) is 0 Å². The highest BCUT2D eigenvalue weighted by atomic mass is 35.5. The number of nitrogens with one attached hydrogen (secondary N) is 1. The zero-order chi connectivity index (χ0) is 10.8. The van der Waals surface area contributed by atoms with Crippen LogP contribution in [0.25, 0.3) is 11.3 Å². The van der Waals surface area contributed by atoms with E-state index in [1.54, 1.807) is 0 Å². The molecule has 1 aromatic heterocycles. The molecule has 78 valence electrons. The number of aryl methyl sites for hydroxylation is 2. The molecule has 0 atom stereocenters. The molecule has 0 radical (unpaired) electrons. The van der Waals surface area contributed by atoms with E-state index in [-0.39, 0.29) is 0 Å². The van der Waals surface area contributed by atoms with Gasteiger partial charge in [0.15, 0.2) is 0 Å². The van der Waals surface area contributed by atoms with Crippen molar-refractivity contribution in [3.05, 3.63) is 41.1 Å². The summed E-state index contributed by atoms with van der Waals surface area (Å²) in [5.74, 6) is 0.470. The molecule has 1 N–H and O–H groups in total. The van der Waals surface area contributed by atoms with Crippen LogP contribution in [0.2, 0.25) is 0 Å². The van der Waals surface area contributed by atoms with Crippen molar-refractivity contribution in [2.45, 2.75) is 19.7 Å². The SMILES string of the molecule is Cc1cc(C)cc(-c2cc(CCl)[nH]n2)c1. The first kappa shape index (κ1) is 10.2. The minimum Gasteiger partial charge on any atom is -0.281 e.